The Labute approximate surface area is 238 Å². The molecule has 0 bridgehead atoms. The zero-order valence-electron chi connectivity index (χ0n) is 24.0. The third-order valence-electron chi connectivity index (χ3n) is 6.46. The highest BCUT2D eigenvalue weighted by atomic mass is 16.6. The topological polar surface area (TPSA) is 147 Å². The first-order valence-electron chi connectivity index (χ1n) is 13.5. The quantitative estimate of drug-likeness (QED) is 0.372. The van der Waals surface area contributed by atoms with E-state index in [2.05, 4.69) is 10.3 Å². The van der Waals surface area contributed by atoms with Crippen molar-refractivity contribution in [1.29, 1.82) is 0 Å². The summed E-state index contributed by atoms with van der Waals surface area (Å²) in [5.41, 5.74) is 1.04. The summed E-state index contributed by atoms with van der Waals surface area (Å²) in [7, 11) is 0. The molecule has 0 radical (unpaired) electrons. The minimum Gasteiger partial charge on any atom is -0.463 e. The lowest BCUT2D eigenvalue weighted by Crippen LogP contribution is -2.47. The van der Waals surface area contributed by atoms with Crippen LogP contribution in [0.5, 0.6) is 5.75 Å². The number of nitrogens with one attached hydrogen (secondary N) is 1. The molecule has 1 aromatic carbocycles. The Balaban J connectivity index is 1.88. The standard InChI is InChI=1S/C30H36N2O9/c1-16(2)27(34)40-24-18(5)12-13-31-23(24)26(33)32-22-15-38-29(36)21(14-20-10-8-7-9-11-20)25(19(6)39-30(22)37)41-28(35)17(3)4/h7-13,16-17,19,21-22,25H,14-15H2,1-6H3,(H,32,33)/t19-,21+,22?,25?/m0/s1. The van der Waals surface area contributed by atoms with Crippen LogP contribution in [0, 0.1) is 24.7 Å². The molecule has 0 aliphatic carbocycles. The summed E-state index contributed by atoms with van der Waals surface area (Å²) in [5, 5.41) is 2.48. The highest BCUT2D eigenvalue weighted by Gasteiger charge is 2.42. The first kappa shape index (κ1) is 31.3. The lowest BCUT2D eigenvalue weighted by atomic mass is 9.91. The molecule has 3 rings (SSSR count). The van der Waals surface area contributed by atoms with Gasteiger partial charge in [0.15, 0.2) is 23.6 Å². The number of aryl methyl sites for hydroxylation is 1. The first-order valence-corrected chi connectivity index (χ1v) is 13.5. The zero-order valence-corrected chi connectivity index (χ0v) is 24.0. The van der Waals surface area contributed by atoms with Crippen LogP contribution < -0.4 is 10.1 Å². The smallest absolute Gasteiger partial charge is 0.332 e. The molecule has 2 aromatic rings. The van der Waals surface area contributed by atoms with E-state index in [1.807, 2.05) is 30.3 Å². The van der Waals surface area contributed by atoms with Gasteiger partial charge in [-0.3, -0.25) is 19.2 Å². The fourth-order valence-electron chi connectivity index (χ4n) is 4.03. The van der Waals surface area contributed by atoms with Crippen LogP contribution >= 0.6 is 0 Å². The molecule has 2 heterocycles. The number of nitrogens with zero attached hydrogens (tertiary/aromatic N) is 1. The van der Waals surface area contributed by atoms with Crippen LogP contribution in [0.1, 0.15) is 56.2 Å². The van der Waals surface area contributed by atoms with Gasteiger partial charge in [0, 0.05) is 6.20 Å². The SMILES string of the molecule is Cc1ccnc(C(=O)NC2COC(=O)[C@H](Cc3ccccc3)C(OC(=O)C(C)C)[C@H](C)OC2=O)c1OC(=O)C(C)C. The summed E-state index contributed by atoms with van der Waals surface area (Å²) in [6, 6.07) is 9.25. The van der Waals surface area contributed by atoms with Crippen LogP contribution in [0.2, 0.25) is 0 Å². The van der Waals surface area contributed by atoms with Gasteiger partial charge in [-0.2, -0.15) is 0 Å². The zero-order chi connectivity index (χ0) is 30.3. The summed E-state index contributed by atoms with van der Waals surface area (Å²) >= 11 is 0. The molecular formula is C30H36N2O9. The van der Waals surface area contributed by atoms with E-state index in [9.17, 15) is 24.0 Å². The highest BCUT2D eigenvalue weighted by Crippen LogP contribution is 2.26. The van der Waals surface area contributed by atoms with Crippen molar-refractivity contribution in [1.82, 2.24) is 10.3 Å². The summed E-state index contributed by atoms with van der Waals surface area (Å²) in [5.74, 6) is -5.59. The summed E-state index contributed by atoms with van der Waals surface area (Å²) in [6.45, 7) is 9.20. The molecule has 11 nitrogen and oxygen atoms in total. The second-order valence-corrected chi connectivity index (χ2v) is 10.5. The Morgan fingerprint density at radius 3 is 2.29 bits per heavy atom. The van der Waals surface area contributed by atoms with E-state index in [0.29, 0.717) is 5.56 Å². The normalized spacial score (nSPS) is 21.2. The van der Waals surface area contributed by atoms with Crippen LogP contribution in [-0.4, -0.2) is 59.6 Å². The predicted octanol–water partition coefficient (Wildman–Crippen LogP) is 2.97. The number of rotatable bonds is 8. The van der Waals surface area contributed by atoms with Crippen molar-refractivity contribution in [3.05, 3.63) is 59.4 Å². The number of cyclic esters (lactones) is 2. The molecule has 0 spiro atoms. The Morgan fingerprint density at radius 1 is 1.00 bits per heavy atom. The van der Waals surface area contributed by atoms with E-state index in [4.69, 9.17) is 18.9 Å². The molecule has 1 aliphatic heterocycles. The van der Waals surface area contributed by atoms with Gasteiger partial charge in [0.05, 0.1) is 11.8 Å². The van der Waals surface area contributed by atoms with E-state index < -0.39 is 72.4 Å². The Morgan fingerprint density at radius 2 is 1.66 bits per heavy atom. The number of amides is 1. The van der Waals surface area contributed by atoms with Crippen LogP contribution in [0.15, 0.2) is 42.6 Å². The minimum absolute atomic E-state index is 0.0471. The van der Waals surface area contributed by atoms with Gasteiger partial charge in [0.25, 0.3) is 5.91 Å². The maximum absolute atomic E-state index is 13.4. The molecule has 4 atom stereocenters. The van der Waals surface area contributed by atoms with Crippen molar-refractivity contribution in [2.45, 2.75) is 66.2 Å². The number of hydrogen-bond acceptors (Lipinski definition) is 10. The van der Waals surface area contributed by atoms with Crippen molar-refractivity contribution in [2.75, 3.05) is 6.61 Å². The van der Waals surface area contributed by atoms with Gasteiger partial charge in [-0.1, -0.05) is 58.0 Å². The number of esters is 4. The van der Waals surface area contributed by atoms with E-state index in [1.165, 1.54) is 13.1 Å². The molecule has 1 amide bonds. The van der Waals surface area contributed by atoms with Gasteiger partial charge in [-0.25, -0.2) is 9.78 Å². The van der Waals surface area contributed by atoms with Gasteiger partial charge >= 0.3 is 23.9 Å². The average molecular weight is 569 g/mol. The number of aromatic nitrogens is 1. The Bertz CT molecular complexity index is 1280. The second kappa shape index (κ2) is 13.9. The molecule has 0 saturated carbocycles. The summed E-state index contributed by atoms with van der Waals surface area (Å²) < 4.78 is 22.2. The molecule has 220 valence electrons. The van der Waals surface area contributed by atoms with E-state index in [1.54, 1.807) is 40.7 Å². The van der Waals surface area contributed by atoms with Crippen molar-refractivity contribution in [3.63, 3.8) is 0 Å². The van der Waals surface area contributed by atoms with Crippen LogP contribution in [0.25, 0.3) is 0 Å². The monoisotopic (exact) mass is 568 g/mol. The third-order valence-corrected chi connectivity index (χ3v) is 6.46. The Kier molecular flexibility index (Phi) is 10.6. The van der Waals surface area contributed by atoms with E-state index >= 15 is 0 Å². The van der Waals surface area contributed by atoms with E-state index in [-0.39, 0.29) is 17.9 Å². The maximum Gasteiger partial charge on any atom is 0.332 e. The number of pyridine rings is 1. The largest absolute Gasteiger partial charge is 0.463 e. The van der Waals surface area contributed by atoms with Crippen LogP contribution in [-0.2, 0) is 39.8 Å². The lowest BCUT2D eigenvalue weighted by molar-refractivity contribution is -0.176. The molecule has 1 fully saturated rings. The van der Waals surface area contributed by atoms with Gasteiger partial charge in [-0.15, -0.1) is 0 Å². The van der Waals surface area contributed by atoms with Crippen molar-refractivity contribution in [2.24, 2.45) is 17.8 Å². The van der Waals surface area contributed by atoms with Gasteiger partial charge < -0.3 is 24.3 Å². The van der Waals surface area contributed by atoms with Gasteiger partial charge in [0.2, 0.25) is 0 Å². The maximum atomic E-state index is 13.4. The fourth-order valence-corrected chi connectivity index (χ4v) is 4.03. The van der Waals surface area contributed by atoms with Crippen LogP contribution in [0.4, 0.5) is 0 Å². The molecule has 1 aliphatic rings. The number of ether oxygens (including phenoxy) is 4. The number of carbonyl (C=O) groups is 5. The third kappa shape index (κ3) is 8.12. The molecule has 1 saturated heterocycles. The van der Waals surface area contributed by atoms with Crippen molar-refractivity contribution >= 4 is 29.8 Å². The summed E-state index contributed by atoms with van der Waals surface area (Å²) in [6.07, 6.45) is -0.672. The molecule has 11 heteroatoms. The van der Waals surface area contributed by atoms with Crippen molar-refractivity contribution in [3.8, 4) is 5.75 Å². The molecule has 1 aromatic heterocycles. The lowest BCUT2D eigenvalue weighted by Gasteiger charge is -2.29. The number of benzene rings is 1. The van der Waals surface area contributed by atoms with Crippen molar-refractivity contribution < 1.29 is 42.9 Å². The minimum atomic E-state index is -1.42. The van der Waals surface area contributed by atoms with Gasteiger partial charge in [0.1, 0.15) is 18.6 Å². The van der Waals surface area contributed by atoms with Crippen LogP contribution in [0.3, 0.4) is 0 Å². The second-order valence-electron chi connectivity index (χ2n) is 10.5. The molecular weight excluding hydrogens is 532 g/mol. The van der Waals surface area contributed by atoms with E-state index in [0.717, 1.165) is 5.56 Å². The van der Waals surface area contributed by atoms with Gasteiger partial charge in [-0.05, 0) is 37.5 Å². The first-order chi connectivity index (χ1) is 19.4. The molecule has 41 heavy (non-hydrogen) atoms. The molecule has 1 N–H and O–H groups in total. The predicted molar refractivity (Wildman–Crippen MR) is 146 cm³/mol. The summed E-state index contributed by atoms with van der Waals surface area (Å²) in [4.78, 5) is 68.6. The Hall–Kier alpha value is -4.28. The fraction of sp³-hybridized carbons (Fsp3) is 0.467. The average Bonchev–Trinajstić information content (AvgIpc) is 2.96. The number of carbonyl (C=O) groups excluding carboxylic acids is 5. The molecule has 2 unspecified atom stereocenters. The number of hydrogen-bond donors (Lipinski definition) is 1. The highest BCUT2D eigenvalue weighted by molar-refractivity contribution is 5.98.